The zero-order chi connectivity index (χ0) is 9.84. The standard InChI is InChI=1S/C8H10BrNO2S/c1-5(11)3-10-8(12)7-2-6(9)4-13-7/h2,4-5,11H,3H2,1H3,(H,10,12)/t5-/m0/s1. The second kappa shape index (κ2) is 4.74. The topological polar surface area (TPSA) is 49.3 Å². The third-order valence-corrected chi connectivity index (χ3v) is 3.04. The number of hydrogen-bond donors (Lipinski definition) is 2. The second-order valence-corrected chi connectivity index (χ2v) is 4.52. The molecule has 0 unspecified atom stereocenters. The Morgan fingerprint density at radius 1 is 1.85 bits per heavy atom. The van der Waals surface area contributed by atoms with Gasteiger partial charge in [0, 0.05) is 16.4 Å². The van der Waals surface area contributed by atoms with Gasteiger partial charge in [-0.3, -0.25) is 4.79 Å². The maximum Gasteiger partial charge on any atom is 0.261 e. The minimum Gasteiger partial charge on any atom is -0.392 e. The van der Waals surface area contributed by atoms with Crippen LogP contribution in [0.3, 0.4) is 0 Å². The van der Waals surface area contributed by atoms with E-state index in [-0.39, 0.29) is 12.5 Å². The van der Waals surface area contributed by atoms with Crippen molar-refractivity contribution in [2.24, 2.45) is 0 Å². The highest BCUT2D eigenvalue weighted by molar-refractivity contribution is 9.10. The average molecular weight is 264 g/mol. The van der Waals surface area contributed by atoms with Crippen LogP contribution in [-0.4, -0.2) is 23.7 Å². The number of carbonyl (C=O) groups is 1. The number of thiophene rings is 1. The first kappa shape index (κ1) is 10.7. The third-order valence-electron chi connectivity index (χ3n) is 1.35. The van der Waals surface area contributed by atoms with Gasteiger partial charge in [-0.15, -0.1) is 11.3 Å². The zero-order valence-electron chi connectivity index (χ0n) is 7.08. The molecule has 1 amide bonds. The van der Waals surface area contributed by atoms with Crippen LogP contribution in [0.4, 0.5) is 0 Å². The highest BCUT2D eigenvalue weighted by Crippen LogP contribution is 2.19. The summed E-state index contributed by atoms with van der Waals surface area (Å²) in [4.78, 5) is 12.0. The van der Waals surface area contributed by atoms with Crippen molar-refractivity contribution in [3.05, 3.63) is 20.8 Å². The van der Waals surface area contributed by atoms with Gasteiger partial charge in [0.2, 0.25) is 0 Å². The lowest BCUT2D eigenvalue weighted by molar-refractivity contribution is 0.0928. The van der Waals surface area contributed by atoms with Gasteiger partial charge in [-0.1, -0.05) is 0 Å². The molecule has 2 N–H and O–H groups in total. The van der Waals surface area contributed by atoms with E-state index in [0.717, 1.165) is 4.47 Å². The molecule has 0 aliphatic rings. The van der Waals surface area contributed by atoms with Crippen LogP contribution in [0.2, 0.25) is 0 Å². The van der Waals surface area contributed by atoms with Crippen molar-refractivity contribution < 1.29 is 9.90 Å². The van der Waals surface area contributed by atoms with E-state index in [1.165, 1.54) is 11.3 Å². The fraction of sp³-hybridized carbons (Fsp3) is 0.375. The van der Waals surface area contributed by atoms with Crippen LogP contribution in [0.1, 0.15) is 16.6 Å². The van der Waals surface area contributed by atoms with Crippen LogP contribution in [0.5, 0.6) is 0 Å². The van der Waals surface area contributed by atoms with Crippen molar-refractivity contribution in [3.8, 4) is 0 Å². The Balaban J connectivity index is 2.49. The minimum absolute atomic E-state index is 0.142. The lowest BCUT2D eigenvalue weighted by atomic mass is 10.4. The van der Waals surface area contributed by atoms with Crippen molar-refractivity contribution in [2.45, 2.75) is 13.0 Å². The normalized spacial score (nSPS) is 12.5. The first-order valence-electron chi connectivity index (χ1n) is 3.80. The first-order chi connectivity index (χ1) is 6.09. The lowest BCUT2D eigenvalue weighted by Gasteiger charge is -2.04. The van der Waals surface area contributed by atoms with Crippen LogP contribution in [0, 0.1) is 0 Å². The molecule has 72 valence electrons. The van der Waals surface area contributed by atoms with Crippen molar-refractivity contribution in [1.29, 1.82) is 0 Å². The predicted molar refractivity (Wildman–Crippen MR) is 56.0 cm³/mol. The fourth-order valence-electron chi connectivity index (χ4n) is 0.760. The van der Waals surface area contributed by atoms with Gasteiger partial charge in [-0.25, -0.2) is 0 Å². The molecular weight excluding hydrogens is 254 g/mol. The number of carbonyl (C=O) groups excluding carboxylic acids is 1. The van der Waals surface area contributed by atoms with Gasteiger partial charge >= 0.3 is 0 Å². The summed E-state index contributed by atoms with van der Waals surface area (Å²) in [5.41, 5.74) is 0. The largest absolute Gasteiger partial charge is 0.392 e. The molecule has 0 aliphatic heterocycles. The predicted octanol–water partition coefficient (Wildman–Crippen LogP) is 1.62. The van der Waals surface area contributed by atoms with E-state index in [1.807, 2.05) is 5.38 Å². The van der Waals surface area contributed by atoms with Crippen LogP contribution in [0.25, 0.3) is 0 Å². The molecule has 0 saturated heterocycles. The fourth-order valence-corrected chi connectivity index (χ4v) is 2.10. The molecule has 0 saturated carbocycles. The zero-order valence-corrected chi connectivity index (χ0v) is 9.48. The van der Waals surface area contributed by atoms with E-state index in [0.29, 0.717) is 4.88 Å². The van der Waals surface area contributed by atoms with Gasteiger partial charge in [0.1, 0.15) is 0 Å². The van der Waals surface area contributed by atoms with Crippen molar-refractivity contribution >= 4 is 33.2 Å². The van der Waals surface area contributed by atoms with Crippen LogP contribution >= 0.6 is 27.3 Å². The maximum absolute atomic E-state index is 11.3. The molecule has 1 heterocycles. The molecule has 1 atom stereocenters. The SMILES string of the molecule is C[C@H](O)CNC(=O)c1cc(Br)cs1. The van der Waals surface area contributed by atoms with Gasteiger partial charge in [-0.2, -0.15) is 0 Å². The van der Waals surface area contributed by atoms with Gasteiger partial charge in [0.25, 0.3) is 5.91 Å². The maximum atomic E-state index is 11.3. The molecule has 0 bridgehead atoms. The Bertz CT molecular complexity index is 298. The van der Waals surface area contributed by atoms with Crippen LogP contribution in [0.15, 0.2) is 15.9 Å². The first-order valence-corrected chi connectivity index (χ1v) is 5.47. The molecule has 0 aromatic carbocycles. The number of aliphatic hydroxyl groups is 1. The second-order valence-electron chi connectivity index (χ2n) is 2.69. The lowest BCUT2D eigenvalue weighted by Crippen LogP contribution is -2.29. The average Bonchev–Trinajstić information content (AvgIpc) is 2.47. The highest BCUT2D eigenvalue weighted by atomic mass is 79.9. The molecule has 0 radical (unpaired) electrons. The van der Waals surface area contributed by atoms with Crippen molar-refractivity contribution in [2.75, 3.05) is 6.54 Å². The van der Waals surface area contributed by atoms with E-state index < -0.39 is 6.10 Å². The number of rotatable bonds is 3. The monoisotopic (exact) mass is 263 g/mol. The molecule has 0 spiro atoms. The molecule has 1 aromatic rings. The number of nitrogens with one attached hydrogen (secondary N) is 1. The summed E-state index contributed by atoms with van der Waals surface area (Å²) < 4.78 is 0.902. The number of hydrogen-bond acceptors (Lipinski definition) is 3. The van der Waals surface area contributed by atoms with E-state index >= 15 is 0 Å². The van der Waals surface area contributed by atoms with Gasteiger partial charge in [-0.05, 0) is 28.9 Å². The van der Waals surface area contributed by atoms with Crippen molar-refractivity contribution in [1.82, 2.24) is 5.32 Å². The highest BCUT2D eigenvalue weighted by Gasteiger charge is 2.08. The van der Waals surface area contributed by atoms with Crippen molar-refractivity contribution in [3.63, 3.8) is 0 Å². The van der Waals surface area contributed by atoms with E-state index in [4.69, 9.17) is 5.11 Å². The molecular formula is C8H10BrNO2S. The van der Waals surface area contributed by atoms with E-state index in [1.54, 1.807) is 13.0 Å². The smallest absolute Gasteiger partial charge is 0.261 e. The number of amides is 1. The summed E-state index contributed by atoms with van der Waals surface area (Å²) in [5.74, 6) is -0.142. The molecule has 3 nitrogen and oxygen atoms in total. The molecule has 5 heteroatoms. The molecule has 13 heavy (non-hydrogen) atoms. The van der Waals surface area contributed by atoms with Gasteiger partial charge in [0.05, 0.1) is 11.0 Å². The summed E-state index contributed by atoms with van der Waals surface area (Å²) in [6, 6.07) is 1.75. The molecule has 1 rings (SSSR count). The Morgan fingerprint density at radius 3 is 3.00 bits per heavy atom. The molecule has 1 aromatic heterocycles. The van der Waals surface area contributed by atoms with E-state index in [9.17, 15) is 4.79 Å². The van der Waals surface area contributed by atoms with Crippen LogP contribution in [-0.2, 0) is 0 Å². The summed E-state index contributed by atoms with van der Waals surface area (Å²) in [6.45, 7) is 1.92. The van der Waals surface area contributed by atoms with Crippen LogP contribution < -0.4 is 5.32 Å². The third kappa shape index (κ3) is 3.46. The Hall–Kier alpha value is -0.390. The van der Waals surface area contributed by atoms with E-state index in [2.05, 4.69) is 21.2 Å². The summed E-state index contributed by atoms with van der Waals surface area (Å²) in [6.07, 6.45) is -0.507. The minimum atomic E-state index is -0.507. The summed E-state index contributed by atoms with van der Waals surface area (Å²) in [5, 5.41) is 13.4. The van der Waals surface area contributed by atoms with Gasteiger partial charge in [0.15, 0.2) is 0 Å². The van der Waals surface area contributed by atoms with Gasteiger partial charge < -0.3 is 10.4 Å². The molecule has 0 fully saturated rings. The number of aliphatic hydroxyl groups excluding tert-OH is 1. The quantitative estimate of drug-likeness (QED) is 0.871. The summed E-state index contributed by atoms with van der Waals surface area (Å²) in [7, 11) is 0. The summed E-state index contributed by atoms with van der Waals surface area (Å²) >= 11 is 4.63. The Morgan fingerprint density at radius 2 is 2.54 bits per heavy atom. The molecule has 0 aliphatic carbocycles. The Kier molecular flexibility index (Phi) is 3.90. The number of halogens is 1. The Labute approximate surface area is 88.9 Å².